The molecule has 1 aromatic carbocycles. The molecule has 0 fully saturated rings. The van der Waals surface area contributed by atoms with Gasteiger partial charge in [0, 0.05) is 18.0 Å². The number of rotatable bonds is 5. The van der Waals surface area contributed by atoms with Gasteiger partial charge in [-0.2, -0.15) is 0 Å². The Kier molecular flexibility index (Phi) is 5.10. The van der Waals surface area contributed by atoms with Gasteiger partial charge >= 0.3 is 0 Å². The Morgan fingerprint density at radius 1 is 1.35 bits per heavy atom. The molecule has 0 heterocycles. The van der Waals surface area contributed by atoms with Crippen molar-refractivity contribution in [3.63, 3.8) is 0 Å². The van der Waals surface area contributed by atoms with Gasteiger partial charge in [0.15, 0.2) is 0 Å². The van der Waals surface area contributed by atoms with Gasteiger partial charge in [-0.3, -0.25) is 4.79 Å². The van der Waals surface area contributed by atoms with Crippen LogP contribution in [0.25, 0.3) is 0 Å². The third kappa shape index (κ3) is 4.95. The van der Waals surface area contributed by atoms with E-state index in [1.54, 1.807) is 0 Å². The van der Waals surface area contributed by atoms with Crippen molar-refractivity contribution in [2.24, 2.45) is 5.92 Å². The second kappa shape index (κ2) is 6.35. The van der Waals surface area contributed by atoms with Crippen LogP contribution in [0, 0.1) is 11.7 Å². The smallest absolute Gasteiger partial charge is 0.251 e. The fourth-order valence-corrected chi connectivity index (χ4v) is 1.74. The summed E-state index contributed by atoms with van der Waals surface area (Å²) in [5, 5.41) is 2.85. The van der Waals surface area contributed by atoms with E-state index in [-0.39, 0.29) is 11.7 Å². The zero-order valence-corrected chi connectivity index (χ0v) is 10.6. The van der Waals surface area contributed by atoms with E-state index < -0.39 is 0 Å². The van der Waals surface area contributed by atoms with E-state index in [1.807, 2.05) is 0 Å². The predicted octanol–water partition coefficient (Wildman–Crippen LogP) is 0.336. The molecule has 4 heteroatoms. The summed E-state index contributed by atoms with van der Waals surface area (Å²) in [4.78, 5) is 13.1. The molecule has 0 aliphatic rings. The van der Waals surface area contributed by atoms with Crippen molar-refractivity contribution < 1.29 is 14.1 Å². The Labute approximate surface area is 102 Å². The van der Waals surface area contributed by atoms with Gasteiger partial charge in [0.05, 0.1) is 20.6 Å². The molecule has 0 saturated carbocycles. The van der Waals surface area contributed by atoms with Crippen molar-refractivity contribution in [3.05, 3.63) is 35.6 Å². The zero-order valence-electron chi connectivity index (χ0n) is 10.6. The Balaban J connectivity index is 2.42. The number of halogens is 1. The molecule has 0 aromatic heterocycles. The maximum absolute atomic E-state index is 12.7. The van der Waals surface area contributed by atoms with Gasteiger partial charge < -0.3 is 10.2 Å². The number of quaternary nitrogens is 1. The van der Waals surface area contributed by atoms with Crippen LogP contribution in [-0.2, 0) is 0 Å². The van der Waals surface area contributed by atoms with Crippen LogP contribution in [0.1, 0.15) is 17.3 Å². The Morgan fingerprint density at radius 2 is 1.94 bits per heavy atom. The summed E-state index contributed by atoms with van der Waals surface area (Å²) in [5.41, 5.74) is 0.496. The molecule has 0 aliphatic heterocycles. The molecule has 0 aliphatic carbocycles. The second-order valence-corrected chi connectivity index (χ2v) is 4.73. The van der Waals surface area contributed by atoms with E-state index in [0.717, 1.165) is 6.54 Å². The van der Waals surface area contributed by atoms with Gasteiger partial charge in [-0.25, -0.2) is 4.39 Å². The molecule has 0 saturated heterocycles. The van der Waals surface area contributed by atoms with E-state index in [1.165, 1.54) is 29.2 Å². The molecule has 0 bridgehead atoms. The van der Waals surface area contributed by atoms with E-state index >= 15 is 0 Å². The van der Waals surface area contributed by atoms with E-state index in [4.69, 9.17) is 0 Å². The summed E-state index contributed by atoms with van der Waals surface area (Å²) >= 11 is 0. The highest BCUT2D eigenvalue weighted by Gasteiger charge is 2.09. The largest absolute Gasteiger partial charge is 0.352 e. The summed E-state index contributed by atoms with van der Waals surface area (Å²) in [5.74, 6) is -0.0545. The quantitative estimate of drug-likeness (QED) is 0.763. The molecule has 2 N–H and O–H groups in total. The molecule has 94 valence electrons. The molecule has 3 nitrogen and oxygen atoms in total. The van der Waals surface area contributed by atoms with E-state index in [9.17, 15) is 9.18 Å². The van der Waals surface area contributed by atoms with Gasteiger partial charge in [0.25, 0.3) is 5.91 Å². The van der Waals surface area contributed by atoms with Crippen molar-refractivity contribution >= 4 is 5.91 Å². The highest BCUT2D eigenvalue weighted by molar-refractivity contribution is 5.94. The summed E-state index contributed by atoms with van der Waals surface area (Å²) in [6, 6.07) is 5.57. The number of carbonyl (C=O) groups is 1. The standard InChI is InChI=1S/C13H19FN2O/c1-10(9-16(2)3)8-15-13(17)11-4-6-12(14)7-5-11/h4-7,10H,8-9H2,1-3H3,(H,15,17)/p+1/t10-/m0/s1. The molecular formula is C13H20FN2O+. The maximum Gasteiger partial charge on any atom is 0.251 e. The first-order chi connectivity index (χ1) is 7.99. The van der Waals surface area contributed by atoms with E-state index in [0.29, 0.717) is 18.0 Å². The van der Waals surface area contributed by atoms with Gasteiger partial charge in [0.1, 0.15) is 5.82 Å². The van der Waals surface area contributed by atoms with Crippen LogP contribution in [-0.4, -0.2) is 33.1 Å². The fourth-order valence-electron chi connectivity index (χ4n) is 1.74. The van der Waals surface area contributed by atoms with Crippen LogP contribution in [0.5, 0.6) is 0 Å². The molecule has 1 rings (SSSR count). The van der Waals surface area contributed by atoms with Crippen LogP contribution >= 0.6 is 0 Å². The summed E-state index contributed by atoms with van der Waals surface area (Å²) < 4.78 is 12.7. The minimum atomic E-state index is -0.328. The number of nitrogens with one attached hydrogen (secondary N) is 2. The van der Waals surface area contributed by atoms with Gasteiger partial charge in [-0.1, -0.05) is 6.92 Å². The van der Waals surface area contributed by atoms with Crippen LogP contribution in [0.15, 0.2) is 24.3 Å². The van der Waals surface area contributed by atoms with Crippen LogP contribution < -0.4 is 10.2 Å². The molecule has 17 heavy (non-hydrogen) atoms. The first kappa shape index (κ1) is 13.6. The highest BCUT2D eigenvalue weighted by Crippen LogP contribution is 2.02. The monoisotopic (exact) mass is 239 g/mol. The summed E-state index contributed by atoms with van der Waals surface area (Å²) in [7, 11) is 4.16. The van der Waals surface area contributed by atoms with E-state index in [2.05, 4.69) is 26.3 Å². The molecule has 1 atom stereocenters. The molecule has 1 amide bonds. The Bertz CT molecular complexity index is 362. The lowest BCUT2D eigenvalue weighted by atomic mass is 10.1. The number of hydrogen-bond acceptors (Lipinski definition) is 1. The molecule has 0 radical (unpaired) electrons. The minimum absolute atomic E-state index is 0.148. The summed E-state index contributed by atoms with van der Waals surface area (Å²) in [6.45, 7) is 3.74. The average Bonchev–Trinajstić information content (AvgIpc) is 2.26. The van der Waals surface area contributed by atoms with Crippen LogP contribution in [0.4, 0.5) is 4.39 Å². The average molecular weight is 239 g/mol. The van der Waals surface area contributed by atoms with Gasteiger partial charge in [-0.05, 0) is 24.3 Å². The fraction of sp³-hybridized carbons (Fsp3) is 0.462. The number of hydrogen-bond donors (Lipinski definition) is 2. The molecule has 0 unspecified atom stereocenters. The van der Waals surface area contributed by atoms with Gasteiger partial charge in [0.2, 0.25) is 0 Å². The Morgan fingerprint density at radius 3 is 2.47 bits per heavy atom. The van der Waals surface area contributed by atoms with Gasteiger partial charge in [-0.15, -0.1) is 0 Å². The Hall–Kier alpha value is -1.42. The topological polar surface area (TPSA) is 33.5 Å². The molecule has 0 spiro atoms. The lowest BCUT2D eigenvalue weighted by Gasteiger charge is -2.15. The lowest BCUT2D eigenvalue weighted by Crippen LogP contribution is -3.06. The normalized spacial score (nSPS) is 12.5. The van der Waals surface area contributed by atoms with Crippen molar-refractivity contribution in [3.8, 4) is 0 Å². The molecular weight excluding hydrogens is 219 g/mol. The predicted molar refractivity (Wildman–Crippen MR) is 65.6 cm³/mol. The van der Waals surface area contributed by atoms with Crippen molar-refractivity contribution in [1.82, 2.24) is 5.32 Å². The SMILES string of the molecule is C[C@@H](CNC(=O)c1ccc(F)cc1)C[NH+](C)C. The third-order valence-electron chi connectivity index (χ3n) is 2.47. The lowest BCUT2D eigenvalue weighted by molar-refractivity contribution is -0.861. The van der Waals surface area contributed by atoms with Crippen LogP contribution in [0.3, 0.4) is 0 Å². The molecule has 1 aromatic rings. The van der Waals surface area contributed by atoms with Crippen molar-refractivity contribution in [2.45, 2.75) is 6.92 Å². The number of benzene rings is 1. The maximum atomic E-state index is 12.7. The third-order valence-corrected chi connectivity index (χ3v) is 2.47. The number of carbonyl (C=O) groups excluding carboxylic acids is 1. The first-order valence-corrected chi connectivity index (χ1v) is 5.82. The minimum Gasteiger partial charge on any atom is -0.352 e. The second-order valence-electron chi connectivity index (χ2n) is 4.73. The van der Waals surface area contributed by atoms with Crippen LogP contribution in [0.2, 0.25) is 0 Å². The number of amides is 1. The van der Waals surface area contributed by atoms with Crippen molar-refractivity contribution in [2.75, 3.05) is 27.2 Å². The zero-order chi connectivity index (χ0) is 12.8. The highest BCUT2D eigenvalue weighted by atomic mass is 19.1. The van der Waals surface area contributed by atoms with Crippen molar-refractivity contribution in [1.29, 1.82) is 0 Å². The summed E-state index contributed by atoms with van der Waals surface area (Å²) in [6.07, 6.45) is 0. The first-order valence-electron chi connectivity index (χ1n) is 5.82.